The van der Waals surface area contributed by atoms with Crippen LogP contribution in [0, 0.1) is 5.92 Å². The molecule has 1 aromatic rings. The molecule has 3 heteroatoms. The Kier molecular flexibility index (Phi) is 5.81. The zero-order chi connectivity index (χ0) is 12.0. The third kappa shape index (κ3) is 4.12. The molecule has 2 nitrogen and oxygen atoms in total. The van der Waals surface area contributed by atoms with Gasteiger partial charge < -0.3 is 10.4 Å². The molecule has 1 aromatic carbocycles. The van der Waals surface area contributed by atoms with E-state index in [2.05, 4.69) is 19.2 Å². The second-order valence-corrected chi connectivity index (χ2v) is 4.62. The summed E-state index contributed by atoms with van der Waals surface area (Å²) >= 11 is 5.81. The number of nitrogens with one attached hydrogen (secondary N) is 1. The molecular weight excluding hydrogens is 222 g/mol. The Bertz CT molecular complexity index is 299. The highest BCUT2D eigenvalue weighted by atomic mass is 35.5. The maximum atomic E-state index is 9.27. The molecule has 0 aliphatic carbocycles. The molecule has 16 heavy (non-hydrogen) atoms. The quantitative estimate of drug-likeness (QED) is 0.803. The van der Waals surface area contributed by atoms with E-state index in [4.69, 9.17) is 11.6 Å². The van der Waals surface area contributed by atoms with Gasteiger partial charge in [-0.15, -0.1) is 0 Å². The predicted molar refractivity (Wildman–Crippen MR) is 68.6 cm³/mol. The molecule has 0 bridgehead atoms. The highest BCUT2D eigenvalue weighted by Gasteiger charge is 2.13. The van der Waals surface area contributed by atoms with Crippen LogP contribution in [0.1, 0.15) is 25.8 Å². The maximum Gasteiger partial charge on any atom is 0.0587 e. The lowest BCUT2D eigenvalue weighted by Crippen LogP contribution is -2.37. The van der Waals surface area contributed by atoms with Crippen molar-refractivity contribution in [3.05, 3.63) is 34.9 Å². The fraction of sp³-hybridized carbons (Fsp3) is 0.538. The van der Waals surface area contributed by atoms with E-state index in [0.717, 1.165) is 18.0 Å². The van der Waals surface area contributed by atoms with Gasteiger partial charge in [-0.2, -0.15) is 0 Å². The number of aliphatic hydroxyl groups is 1. The Morgan fingerprint density at radius 3 is 2.44 bits per heavy atom. The zero-order valence-electron chi connectivity index (χ0n) is 9.91. The topological polar surface area (TPSA) is 32.3 Å². The van der Waals surface area contributed by atoms with Crippen LogP contribution in [0.3, 0.4) is 0 Å². The van der Waals surface area contributed by atoms with E-state index in [1.807, 2.05) is 24.3 Å². The molecule has 1 rings (SSSR count). The van der Waals surface area contributed by atoms with Gasteiger partial charge in [0.05, 0.1) is 6.61 Å². The SMILES string of the molecule is CC[C@H](C)[C@@H](CO)NCc1ccc(Cl)cc1. The first-order valence-corrected chi connectivity index (χ1v) is 6.13. The smallest absolute Gasteiger partial charge is 0.0587 e. The minimum absolute atomic E-state index is 0.167. The highest BCUT2D eigenvalue weighted by molar-refractivity contribution is 6.30. The van der Waals surface area contributed by atoms with E-state index >= 15 is 0 Å². The molecule has 2 atom stereocenters. The van der Waals surface area contributed by atoms with Crippen LogP contribution in [0.2, 0.25) is 5.02 Å². The molecule has 0 unspecified atom stereocenters. The summed E-state index contributed by atoms with van der Waals surface area (Å²) in [6.07, 6.45) is 1.07. The van der Waals surface area contributed by atoms with E-state index in [1.165, 1.54) is 5.56 Å². The molecule has 90 valence electrons. The molecule has 0 fully saturated rings. The standard InChI is InChI=1S/C13H20ClNO/c1-3-10(2)13(9-16)15-8-11-4-6-12(14)7-5-11/h4-7,10,13,15-16H,3,8-9H2,1-2H3/t10-,13+/m0/s1. The van der Waals surface area contributed by atoms with Crippen LogP contribution in [0.5, 0.6) is 0 Å². The zero-order valence-corrected chi connectivity index (χ0v) is 10.7. The number of benzene rings is 1. The summed E-state index contributed by atoms with van der Waals surface area (Å²) in [5.41, 5.74) is 1.19. The largest absolute Gasteiger partial charge is 0.395 e. The lowest BCUT2D eigenvalue weighted by molar-refractivity contribution is 0.201. The first-order chi connectivity index (χ1) is 7.67. The number of hydrogen-bond acceptors (Lipinski definition) is 2. The van der Waals surface area contributed by atoms with Crippen molar-refractivity contribution in [3.63, 3.8) is 0 Å². The van der Waals surface area contributed by atoms with Crippen LogP contribution in [0.25, 0.3) is 0 Å². The predicted octanol–water partition coefficient (Wildman–Crippen LogP) is 2.84. The molecule has 0 aromatic heterocycles. The summed E-state index contributed by atoms with van der Waals surface area (Å²) in [4.78, 5) is 0. The Morgan fingerprint density at radius 2 is 1.94 bits per heavy atom. The van der Waals surface area contributed by atoms with Crippen molar-refractivity contribution in [2.24, 2.45) is 5.92 Å². The Hall–Kier alpha value is -0.570. The van der Waals surface area contributed by atoms with E-state index in [-0.39, 0.29) is 12.6 Å². The van der Waals surface area contributed by atoms with Crippen molar-refractivity contribution in [1.29, 1.82) is 0 Å². The van der Waals surface area contributed by atoms with E-state index in [0.29, 0.717) is 5.92 Å². The Balaban J connectivity index is 2.46. The normalized spacial score (nSPS) is 14.8. The monoisotopic (exact) mass is 241 g/mol. The molecule has 2 N–H and O–H groups in total. The summed E-state index contributed by atoms with van der Waals surface area (Å²) in [7, 11) is 0. The van der Waals surface area contributed by atoms with Crippen LogP contribution >= 0.6 is 11.6 Å². The van der Waals surface area contributed by atoms with Gasteiger partial charge in [-0.3, -0.25) is 0 Å². The maximum absolute atomic E-state index is 9.27. The summed E-state index contributed by atoms with van der Waals surface area (Å²) in [6, 6.07) is 7.94. The second kappa shape index (κ2) is 6.89. The second-order valence-electron chi connectivity index (χ2n) is 4.18. The van der Waals surface area contributed by atoms with Gasteiger partial charge in [0.1, 0.15) is 0 Å². The van der Waals surface area contributed by atoms with Crippen molar-refractivity contribution in [3.8, 4) is 0 Å². The highest BCUT2D eigenvalue weighted by Crippen LogP contribution is 2.11. The van der Waals surface area contributed by atoms with Gasteiger partial charge in [0.25, 0.3) is 0 Å². The number of halogens is 1. The lowest BCUT2D eigenvalue weighted by atomic mass is 10.00. The van der Waals surface area contributed by atoms with Gasteiger partial charge in [-0.1, -0.05) is 44.0 Å². The van der Waals surface area contributed by atoms with Crippen LogP contribution < -0.4 is 5.32 Å². The number of rotatable bonds is 6. The first-order valence-electron chi connectivity index (χ1n) is 5.76. The van der Waals surface area contributed by atoms with E-state index in [9.17, 15) is 5.11 Å². The average Bonchev–Trinajstić information content (AvgIpc) is 2.31. The Morgan fingerprint density at radius 1 is 1.31 bits per heavy atom. The molecule has 0 heterocycles. The van der Waals surface area contributed by atoms with Crippen LogP contribution in [0.4, 0.5) is 0 Å². The van der Waals surface area contributed by atoms with Crippen molar-refractivity contribution in [2.75, 3.05) is 6.61 Å². The van der Waals surface area contributed by atoms with Crippen molar-refractivity contribution in [2.45, 2.75) is 32.9 Å². The summed E-state index contributed by atoms with van der Waals surface area (Å²) in [5, 5.41) is 13.4. The fourth-order valence-electron chi connectivity index (χ4n) is 1.58. The molecular formula is C13H20ClNO. The molecule has 0 saturated carbocycles. The van der Waals surface area contributed by atoms with Crippen LogP contribution in [0.15, 0.2) is 24.3 Å². The molecule has 0 amide bonds. The lowest BCUT2D eigenvalue weighted by Gasteiger charge is -2.22. The first kappa shape index (κ1) is 13.5. The molecule has 0 saturated heterocycles. The van der Waals surface area contributed by atoms with Gasteiger partial charge in [0.2, 0.25) is 0 Å². The van der Waals surface area contributed by atoms with Crippen molar-refractivity contribution < 1.29 is 5.11 Å². The van der Waals surface area contributed by atoms with E-state index < -0.39 is 0 Å². The minimum Gasteiger partial charge on any atom is -0.395 e. The molecule has 0 radical (unpaired) electrons. The molecule has 0 aliphatic heterocycles. The van der Waals surface area contributed by atoms with E-state index in [1.54, 1.807) is 0 Å². The van der Waals surface area contributed by atoms with Crippen LogP contribution in [-0.4, -0.2) is 17.8 Å². The molecule has 0 aliphatic rings. The third-order valence-corrected chi connectivity index (χ3v) is 3.26. The summed E-state index contributed by atoms with van der Waals surface area (Å²) in [6.45, 7) is 5.24. The fourth-order valence-corrected chi connectivity index (χ4v) is 1.71. The molecule has 0 spiro atoms. The van der Waals surface area contributed by atoms with Crippen LogP contribution in [-0.2, 0) is 6.54 Å². The Labute approximate surface area is 103 Å². The van der Waals surface area contributed by atoms with Gasteiger partial charge in [-0.05, 0) is 23.6 Å². The summed E-state index contributed by atoms with van der Waals surface area (Å²) < 4.78 is 0. The van der Waals surface area contributed by atoms with Crippen molar-refractivity contribution in [1.82, 2.24) is 5.32 Å². The minimum atomic E-state index is 0.167. The van der Waals surface area contributed by atoms with Gasteiger partial charge in [0, 0.05) is 17.6 Å². The summed E-state index contributed by atoms with van der Waals surface area (Å²) in [5.74, 6) is 0.484. The van der Waals surface area contributed by atoms with Gasteiger partial charge in [0.15, 0.2) is 0 Å². The van der Waals surface area contributed by atoms with Gasteiger partial charge >= 0.3 is 0 Å². The van der Waals surface area contributed by atoms with Crippen molar-refractivity contribution >= 4 is 11.6 Å². The van der Waals surface area contributed by atoms with Gasteiger partial charge in [-0.25, -0.2) is 0 Å². The number of aliphatic hydroxyl groups excluding tert-OH is 1. The number of hydrogen-bond donors (Lipinski definition) is 2. The third-order valence-electron chi connectivity index (χ3n) is 3.01. The average molecular weight is 242 g/mol.